The zero-order chi connectivity index (χ0) is 9.97. The number of aromatic nitrogens is 1. The quantitative estimate of drug-likeness (QED) is 0.430. The third-order valence-corrected chi connectivity index (χ3v) is 2.49. The van der Waals surface area contributed by atoms with E-state index >= 15 is 0 Å². The number of oxazole rings is 1. The Morgan fingerprint density at radius 1 is 1.57 bits per heavy atom. The fourth-order valence-corrected chi connectivity index (χ4v) is 1.71. The van der Waals surface area contributed by atoms with Crippen molar-refractivity contribution in [2.45, 2.75) is 4.90 Å². The van der Waals surface area contributed by atoms with Crippen LogP contribution in [-0.4, -0.2) is 17.3 Å². The summed E-state index contributed by atoms with van der Waals surface area (Å²) in [5, 5.41) is 0. The number of hydrogen-bond acceptors (Lipinski definition) is 5. The van der Waals surface area contributed by atoms with Crippen molar-refractivity contribution < 1.29 is 9.21 Å². The molecule has 0 unspecified atom stereocenters. The molecule has 0 amide bonds. The van der Waals surface area contributed by atoms with Gasteiger partial charge < -0.3 is 4.42 Å². The Morgan fingerprint density at radius 2 is 2.43 bits per heavy atom. The number of hydrogen-bond donors (Lipinski definition) is 0. The molecular weight excluding hydrogens is 200 g/mol. The second-order valence-electron chi connectivity index (χ2n) is 2.51. The van der Waals surface area contributed by atoms with E-state index in [-0.39, 0.29) is 6.01 Å². The van der Waals surface area contributed by atoms with E-state index in [1.54, 1.807) is 11.8 Å². The van der Waals surface area contributed by atoms with Crippen LogP contribution in [0.1, 0.15) is 0 Å². The number of rotatable bonds is 2. The number of nitrogens with zero attached hydrogens (tertiary/aromatic N) is 2. The average molecular weight is 206 g/mol. The molecule has 0 aliphatic carbocycles. The number of isocyanates is 1. The zero-order valence-corrected chi connectivity index (χ0v) is 8.17. The molecule has 0 N–H and O–H groups in total. The molecule has 14 heavy (non-hydrogen) atoms. The summed E-state index contributed by atoms with van der Waals surface area (Å²) in [6.45, 7) is 0. The SMILES string of the molecule is CSc1cccc2nc(N=C=O)oc12. The van der Waals surface area contributed by atoms with Crippen LogP contribution in [-0.2, 0) is 4.79 Å². The maximum absolute atomic E-state index is 10.0. The number of thioether (sulfide) groups is 1. The molecule has 1 aromatic carbocycles. The van der Waals surface area contributed by atoms with Crippen molar-refractivity contribution >= 4 is 35.0 Å². The lowest BCUT2D eigenvalue weighted by Crippen LogP contribution is -1.70. The largest absolute Gasteiger partial charge is 0.420 e. The van der Waals surface area contributed by atoms with Crippen molar-refractivity contribution in [1.29, 1.82) is 0 Å². The summed E-state index contributed by atoms with van der Waals surface area (Å²) in [7, 11) is 0. The topological polar surface area (TPSA) is 55.5 Å². The molecule has 0 bridgehead atoms. The Hall–Kier alpha value is -1.58. The van der Waals surface area contributed by atoms with Gasteiger partial charge in [0.25, 0.3) is 0 Å². The molecule has 5 heteroatoms. The number of fused-ring (bicyclic) bond motifs is 1. The van der Waals surface area contributed by atoms with Gasteiger partial charge in [-0.25, -0.2) is 4.79 Å². The van der Waals surface area contributed by atoms with Crippen LogP contribution in [0.15, 0.2) is 32.5 Å². The number of benzene rings is 1. The molecule has 4 nitrogen and oxygen atoms in total. The van der Waals surface area contributed by atoms with Crippen molar-refractivity contribution in [2.24, 2.45) is 4.99 Å². The Kier molecular flexibility index (Phi) is 2.35. The summed E-state index contributed by atoms with van der Waals surface area (Å²) in [5.74, 6) is 0. The second-order valence-corrected chi connectivity index (χ2v) is 3.36. The minimum absolute atomic E-state index is 0.0523. The fraction of sp³-hybridized carbons (Fsp3) is 0.111. The maximum atomic E-state index is 10.0. The van der Waals surface area contributed by atoms with E-state index in [1.807, 2.05) is 24.5 Å². The Bertz CT molecular complexity index is 515. The second kappa shape index (κ2) is 3.65. The fourth-order valence-electron chi connectivity index (χ4n) is 1.16. The Labute approximate surface area is 84.0 Å². The summed E-state index contributed by atoms with van der Waals surface area (Å²) in [5.41, 5.74) is 1.36. The number of aliphatic imine (C=N–C) groups is 1. The molecular formula is C9H6N2O2S. The van der Waals surface area contributed by atoms with Gasteiger partial charge in [-0.15, -0.1) is 16.8 Å². The zero-order valence-electron chi connectivity index (χ0n) is 7.35. The highest BCUT2D eigenvalue weighted by molar-refractivity contribution is 7.98. The van der Waals surface area contributed by atoms with Crippen LogP contribution < -0.4 is 0 Å². The summed E-state index contributed by atoms with van der Waals surface area (Å²) in [6.07, 6.45) is 3.34. The van der Waals surface area contributed by atoms with Gasteiger partial charge in [0.1, 0.15) is 5.52 Å². The predicted octanol–water partition coefficient (Wildman–Crippen LogP) is 2.52. The maximum Gasteiger partial charge on any atom is 0.333 e. The van der Waals surface area contributed by atoms with Crippen LogP contribution >= 0.6 is 11.8 Å². The van der Waals surface area contributed by atoms with Gasteiger partial charge in [0.2, 0.25) is 6.08 Å². The lowest BCUT2D eigenvalue weighted by Gasteiger charge is -1.93. The van der Waals surface area contributed by atoms with Crippen LogP contribution in [0.5, 0.6) is 0 Å². The van der Waals surface area contributed by atoms with E-state index in [1.165, 1.54) is 6.08 Å². The van der Waals surface area contributed by atoms with Crippen molar-refractivity contribution in [2.75, 3.05) is 6.26 Å². The molecule has 0 fully saturated rings. The van der Waals surface area contributed by atoms with E-state index < -0.39 is 0 Å². The number of carbonyl (C=O) groups excluding carboxylic acids is 1. The molecule has 70 valence electrons. The van der Waals surface area contributed by atoms with Crippen LogP contribution in [0, 0.1) is 0 Å². The van der Waals surface area contributed by atoms with Gasteiger partial charge in [0.05, 0.1) is 4.90 Å². The first-order chi connectivity index (χ1) is 6.85. The van der Waals surface area contributed by atoms with Gasteiger partial charge in [-0.3, -0.25) is 0 Å². The van der Waals surface area contributed by atoms with Gasteiger partial charge >= 0.3 is 6.01 Å². The van der Waals surface area contributed by atoms with Crippen molar-refractivity contribution in [1.82, 2.24) is 4.98 Å². The van der Waals surface area contributed by atoms with Crippen LogP contribution in [0.4, 0.5) is 6.01 Å². The minimum Gasteiger partial charge on any atom is -0.420 e. The monoisotopic (exact) mass is 206 g/mol. The van der Waals surface area contributed by atoms with Gasteiger partial charge in [0, 0.05) is 0 Å². The van der Waals surface area contributed by atoms with Gasteiger partial charge in [-0.2, -0.15) is 4.98 Å². The van der Waals surface area contributed by atoms with Gasteiger partial charge in [-0.05, 0) is 18.4 Å². The summed E-state index contributed by atoms with van der Waals surface area (Å²) < 4.78 is 5.27. The van der Waals surface area contributed by atoms with Crippen molar-refractivity contribution in [3.63, 3.8) is 0 Å². The molecule has 1 aromatic heterocycles. The molecule has 0 aliphatic rings. The van der Waals surface area contributed by atoms with E-state index in [9.17, 15) is 4.79 Å². The molecule has 0 atom stereocenters. The highest BCUT2D eigenvalue weighted by Crippen LogP contribution is 2.29. The van der Waals surface area contributed by atoms with E-state index in [0.717, 1.165) is 4.90 Å². The van der Waals surface area contributed by atoms with E-state index in [0.29, 0.717) is 11.1 Å². The summed E-state index contributed by atoms with van der Waals surface area (Å²) in [4.78, 5) is 18.3. The predicted molar refractivity (Wildman–Crippen MR) is 53.6 cm³/mol. The molecule has 2 aromatic rings. The first-order valence-electron chi connectivity index (χ1n) is 3.86. The van der Waals surface area contributed by atoms with Gasteiger partial charge in [-0.1, -0.05) is 6.07 Å². The molecule has 0 radical (unpaired) electrons. The molecule has 0 saturated carbocycles. The summed E-state index contributed by atoms with van der Waals surface area (Å²) >= 11 is 1.56. The lowest BCUT2D eigenvalue weighted by atomic mass is 10.3. The third kappa shape index (κ3) is 1.43. The third-order valence-electron chi connectivity index (χ3n) is 1.73. The molecule has 0 spiro atoms. The van der Waals surface area contributed by atoms with Gasteiger partial charge in [0.15, 0.2) is 5.58 Å². The average Bonchev–Trinajstić information content (AvgIpc) is 2.60. The Morgan fingerprint density at radius 3 is 3.14 bits per heavy atom. The molecule has 0 saturated heterocycles. The minimum atomic E-state index is 0.0523. The van der Waals surface area contributed by atoms with Crippen LogP contribution in [0.3, 0.4) is 0 Å². The molecule has 1 heterocycles. The standard InChI is InChI=1S/C9H6N2O2S/c1-14-7-4-2-3-6-8(7)13-9(11-6)10-5-12/h2-4H,1H3. The molecule has 0 aliphatic heterocycles. The van der Waals surface area contributed by atoms with E-state index in [2.05, 4.69) is 9.98 Å². The molecule has 2 rings (SSSR count). The van der Waals surface area contributed by atoms with Crippen LogP contribution in [0.25, 0.3) is 11.1 Å². The Balaban J connectivity index is 2.69. The smallest absolute Gasteiger partial charge is 0.333 e. The normalized spacial score (nSPS) is 10.1. The van der Waals surface area contributed by atoms with Crippen molar-refractivity contribution in [3.05, 3.63) is 18.2 Å². The first-order valence-corrected chi connectivity index (χ1v) is 5.09. The highest BCUT2D eigenvalue weighted by atomic mass is 32.2. The lowest BCUT2D eigenvalue weighted by molar-refractivity contribution is 0.559. The van der Waals surface area contributed by atoms with Crippen molar-refractivity contribution in [3.8, 4) is 0 Å². The van der Waals surface area contributed by atoms with E-state index in [4.69, 9.17) is 4.42 Å². The van der Waals surface area contributed by atoms with Crippen LogP contribution in [0.2, 0.25) is 0 Å². The highest BCUT2D eigenvalue weighted by Gasteiger charge is 2.07. The summed E-state index contributed by atoms with van der Waals surface area (Å²) in [6, 6.07) is 5.66. The number of para-hydroxylation sites is 1. The first kappa shape index (κ1) is 8.99.